The molecule has 3 nitrogen and oxygen atoms in total. The molecule has 1 aliphatic rings. The molecule has 2 atom stereocenters. The summed E-state index contributed by atoms with van der Waals surface area (Å²) < 4.78 is 5.91. The fourth-order valence-corrected chi connectivity index (χ4v) is 2.43. The first-order valence-corrected chi connectivity index (χ1v) is 6.28. The molecule has 0 aliphatic carbocycles. The van der Waals surface area contributed by atoms with Crippen LogP contribution in [0.4, 0.5) is 0 Å². The molecule has 96 valence electrons. The molecule has 0 aromatic heterocycles. The van der Waals surface area contributed by atoms with Crippen molar-refractivity contribution in [3.8, 4) is 0 Å². The number of hydrogen-bond acceptors (Lipinski definition) is 3. The lowest BCUT2D eigenvalue weighted by atomic mass is 9.85. The molecule has 0 aromatic carbocycles. The number of nitrogens with two attached hydrogens (primary N) is 1. The topological polar surface area (TPSA) is 38.5 Å². The monoisotopic (exact) mass is 228 g/mol. The average Bonchev–Trinajstić information content (AvgIpc) is 1.97. The number of morpholine rings is 1. The zero-order chi connectivity index (χ0) is 12.6. The van der Waals surface area contributed by atoms with Crippen LogP contribution in [-0.4, -0.2) is 42.3 Å². The minimum Gasteiger partial charge on any atom is -0.370 e. The van der Waals surface area contributed by atoms with Crippen LogP contribution in [0.15, 0.2) is 0 Å². The average molecular weight is 228 g/mol. The van der Waals surface area contributed by atoms with Crippen LogP contribution < -0.4 is 5.73 Å². The summed E-state index contributed by atoms with van der Waals surface area (Å²) in [7, 11) is 0. The molecule has 0 bridgehead atoms. The Morgan fingerprint density at radius 3 is 2.50 bits per heavy atom. The third-order valence-corrected chi connectivity index (χ3v) is 3.50. The Labute approximate surface area is 100 Å². The van der Waals surface area contributed by atoms with E-state index in [1.165, 1.54) is 0 Å². The normalized spacial score (nSPS) is 29.1. The molecule has 0 saturated carbocycles. The predicted molar refractivity (Wildman–Crippen MR) is 68.5 cm³/mol. The van der Waals surface area contributed by atoms with E-state index in [9.17, 15) is 0 Å². The molecule has 16 heavy (non-hydrogen) atoms. The fourth-order valence-electron chi connectivity index (χ4n) is 2.43. The smallest absolute Gasteiger partial charge is 0.0757 e. The lowest BCUT2D eigenvalue weighted by Crippen LogP contribution is -2.55. The van der Waals surface area contributed by atoms with Crippen molar-refractivity contribution in [3.05, 3.63) is 0 Å². The molecule has 3 heteroatoms. The third kappa shape index (κ3) is 3.72. The van der Waals surface area contributed by atoms with Crippen LogP contribution in [0.1, 0.15) is 41.5 Å². The van der Waals surface area contributed by atoms with Crippen LogP contribution in [0, 0.1) is 5.41 Å². The zero-order valence-corrected chi connectivity index (χ0v) is 11.7. The van der Waals surface area contributed by atoms with Gasteiger partial charge in [0, 0.05) is 25.7 Å². The Balaban J connectivity index is 2.61. The molecule has 0 aromatic rings. The molecule has 1 aliphatic heterocycles. The highest BCUT2D eigenvalue weighted by Crippen LogP contribution is 2.26. The summed E-state index contributed by atoms with van der Waals surface area (Å²) in [6.07, 6.45) is 0.313. The van der Waals surface area contributed by atoms with Crippen molar-refractivity contribution in [1.82, 2.24) is 4.90 Å². The van der Waals surface area contributed by atoms with Crippen LogP contribution in [0.5, 0.6) is 0 Å². The van der Waals surface area contributed by atoms with E-state index in [0.29, 0.717) is 6.10 Å². The number of nitrogens with zero attached hydrogens (tertiary/aromatic N) is 1. The Morgan fingerprint density at radius 1 is 1.50 bits per heavy atom. The molecule has 0 spiro atoms. The molecule has 1 rings (SSSR count). The predicted octanol–water partition coefficient (Wildman–Crippen LogP) is 1.86. The summed E-state index contributed by atoms with van der Waals surface area (Å²) in [6, 6.07) is 0.216. The SMILES string of the molecule is CC1CN(CC(C)(C)C(C)N)CC(C)(C)O1. The molecule has 2 N–H and O–H groups in total. The maximum absolute atomic E-state index is 6.03. The van der Waals surface area contributed by atoms with Crippen molar-refractivity contribution in [1.29, 1.82) is 0 Å². The summed E-state index contributed by atoms with van der Waals surface area (Å²) >= 11 is 0. The van der Waals surface area contributed by atoms with Crippen LogP contribution in [0.25, 0.3) is 0 Å². The zero-order valence-electron chi connectivity index (χ0n) is 11.7. The van der Waals surface area contributed by atoms with E-state index in [1.807, 2.05) is 0 Å². The van der Waals surface area contributed by atoms with Gasteiger partial charge in [-0.25, -0.2) is 0 Å². The maximum Gasteiger partial charge on any atom is 0.0757 e. The van der Waals surface area contributed by atoms with E-state index in [1.54, 1.807) is 0 Å². The number of hydrogen-bond donors (Lipinski definition) is 1. The summed E-state index contributed by atoms with van der Waals surface area (Å²) in [6.45, 7) is 16.1. The lowest BCUT2D eigenvalue weighted by Gasteiger charge is -2.45. The minimum absolute atomic E-state index is 0.0361. The van der Waals surface area contributed by atoms with E-state index in [2.05, 4.69) is 46.4 Å². The van der Waals surface area contributed by atoms with Gasteiger partial charge in [0.15, 0.2) is 0 Å². The van der Waals surface area contributed by atoms with Crippen molar-refractivity contribution in [2.75, 3.05) is 19.6 Å². The van der Waals surface area contributed by atoms with Crippen molar-refractivity contribution < 1.29 is 4.74 Å². The van der Waals surface area contributed by atoms with Gasteiger partial charge in [0.1, 0.15) is 0 Å². The summed E-state index contributed by atoms with van der Waals surface area (Å²) in [5.41, 5.74) is 6.16. The Kier molecular flexibility index (Phi) is 4.04. The first-order valence-electron chi connectivity index (χ1n) is 6.28. The highest BCUT2D eigenvalue weighted by molar-refractivity contribution is 4.88. The van der Waals surface area contributed by atoms with Gasteiger partial charge in [-0.05, 0) is 33.1 Å². The Hall–Kier alpha value is -0.120. The minimum atomic E-state index is -0.0361. The van der Waals surface area contributed by atoms with Gasteiger partial charge >= 0.3 is 0 Å². The van der Waals surface area contributed by atoms with Crippen LogP contribution in [0.3, 0.4) is 0 Å². The van der Waals surface area contributed by atoms with Crippen LogP contribution in [0.2, 0.25) is 0 Å². The van der Waals surface area contributed by atoms with Gasteiger partial charge in [0.05, 0.1) is 11.7 Å². The van der Waals surface area contributed by atoms with E-state index in [-0.39, 0.29) is 17.1 Å². The summed E-state index contributed by atoms with van der Waals surface area (Å²) in [4.78, 5) is 2.48. The first-order chi connectivity index (χ1) is 7.12. The van der Waals surface area contributed by atoms with Gasteiger partial charge < -0.3 is 10.5 Å². The molecule has 1 fully saturated rings. The molecule has 0 amide bonds. The molecule has 1 heterocycles. The fraction of sp³-hybridized carbons (Fsp3) is 1.00. The van der Waals surface area contributed by atoms with E-state index >= 15 is 0 Å². The van der Waals surface area contributed by atoms with Crippen molar-refractivity contribution in [2.45, 2.75) is 59.3 Å². The van der Waals surface area contributed by atoms with Gasteiger partial charge in [-0.15, -0.1) is 0 Å². The molecular weight excluding hydrogens is 200 g/mol. The van der Waals surface area contributed by atoms with Crippen molar-refractivity contribution >= 4 is 0 Å². The third-order valence-electron chi connectivity index (χ3n) is 3.50. The van der Waals surface area contributed by atoms with Gasteiger partial charge in [-0.3, -0.25) is 4.90 Å². The Bertz CT molecular complexity index is 236. The van der Waals surface area contributed by atoms with E-state index < -0.39 is 0 Å². The van der Waals surface area contributed by atoms with Crippen LogP contribution >= 0.6 is 0 Å². The Morgan fingerprint density at radius 2 is 2.06 bits per heavy atom. The standard InChI is InChI=1S/C13H28N2O/c1-10-7-15(9-13(5,6)16-10)8-12(3,4)11(2)14/h10-11H,7-9,14H2,1-6H3. The summed E-state index contributed by atoms with van der Waals surface area (Å²) in [5.74, 6) is 0. The van der Waals surface area contributed by atoms with Crippen LogP contribution in [-0.2, 0) is 4.74 Å². The highest BCUT2D eigenvalue weighted by Gasteiger charge is 2.34. The second-order valence-electron chi connectivity index (χ2n) is 6.64. The lowest BCUT2D eigenvalue weighted by molar-refractivity contribution is -0.134. The van der Waals surface area contributed by atoms with Crippen molar-refractivity contribution in [3.63, 3.8) is 0 Å². The molecule has 0 radical (unpaired) electrons. The second-order valence-corrected chi connectivity index (χ2v) is 6.64. The first kappa shape index (κ1) is 13.9. The second kappa shape index (κ2) is 4.63. The van der Waals surface area contributed by atoms with Gasteiger partial charge in [-0.2, -0.15) is 0 Å². The van der Waals surface area contributed by atoms with Gasteiger partial charge in [-0.1, -0.05) is 13.8 Å². The van der Waals surface area contributed by atoms with Gasteiger partial charge in [0.2, 0.25) is 0 Å². The molecular formula is C13H28N2O. The number of rotatable bonds is 3. The molecule has 1 saturated heterocycles. The highest BCUT2D eigenvalue weighted by atomic mass is 16.5. The van der Waals surface area contributed by atoms with Crippen molar-refractivity contribution in [2.24, 2.45) is 11.1 Å². The number of ether oxygens (including phenoxy) is 1. The maximum atomic E-state index is 6.03. The van der Waals surface area contributed by atoms with Gasteiger partial charge in [0.25, 0.3) is 0 Å². The van der Waals surface area contributed by atoms with E-state index in [4.69, 9.17) is 10.5 Å². The summed E-state index contributed by atoms with van der Waals surface area (Å²) in [5, 5.41) is 0. The van der Waals surface area contributed by atoms with E-state index in [0.717, 1.165) is 19.6 Å². The largest absolute Gasteiger partial charge is 0.370 e. The quantitative estimate of drug-likeness (QED) is 0.801. The molecule has 2 unspecified atom stereocenters.